The monoisotopic (exact) mass is 516 g/mol. The number of hydrogen-bond acceptors (Lipinski definition) is 4. The Hall–Kier alpha value is -3.38. The maximum absolute atomic E-state index is 13.2. The number of rotatable bonds is 6. The first kappa shape index (κ1) is 20.9. The zero-order chi connectivity index (χ0) is 21.5. The van der Waals surface area contributed by atoms with Gasteiger partial charge in [0.05, 0.1) is 0 Å². The Bertz CT molecular complexity index is 1050. The molecule has 0 spiro atoms. The van der Waals surface area contributed by atoms with Gasteiger partial charge in [-0.2, -0.15) is 0 Å². The van der Waals surface area contributed by atoms with Crippen LogP contribution in [0.4, 0.5) is 0 Å². The van der Waals surface area contributed by atoms with E-state index >= 15 is 0 Å². The molecule has 0 saturated heterocycles. The van der Waals surface area contributed by atoms with Crippen molar-refractivity contribution < 1.29 is 15.7 Å². The fraction of sp³-hybridized carbons (Fsp3) is 0. The van der Waals surface area contributed by atoms with Crippen LogP contribution in [0.2, 0.25) is 0 Å². The molecule has 0 unspecified atom stereocenters. The van der Waals surface area contributed by atoms with E-state index in [1.165, 1.54) is 0 Å². The molecule has 0 amide bonds. The molecule has 0 saturated carbocycles. The third-order valence-corrected chi connectivity index (χ3v) is 13.7. The molecule has 4 aromatic carbocycles. The summed E-state index contributed by atoms with van der Waals surface area (Å²) in [6.45, 7) is 0. The summed E-state index contributed by atoms with van der Waals surface area (Å²) in [7, 11) is 0. The summed E-state index contributed by atoms with van der Waals surface area (Å²) < 4.78 is 13.9. The van der Waals surface area contributed by atoms with Crippen molar-refractivity contribution in [2.45, 2.75) is 0 Å². The van der Waals surface area contributed by atoms with Gasteiger partial charge in [0.25, 0.3) is 0 Å². The van der Waals surface area contributed by atoms with Crippen LogP contribution in [-0.2, 0) is 6.15 Å². The Kier molecular flexibility index (Phi) is 6.48. The van der Waals surface area contributed by atoms with Gasteiger partial charge in [0.2, 0.25) is 0 Å². The second-order valence-corrected chi connectivity index (χ2v) is 14.8. The van der Waals surface area contributed by atoms with Gasteiger partial charge in [-0.1, -0.05) is 0 Å². The number of benzene rings is 4. The second kappa shape index (κ2) is 9.62. The minimum atomic E-state index is -4.75. The minimum absolute atomic E-state index is 0.409. The van der Waals surface area contributed by atoms with Crippen LogP contribution in [0.1, 0.15) is 20.7 Å². The summed E-state index contributed by atoms with van der Waals surface area (Å²) in [6.07, 6.45) is 0. The first-order chi connectivity index (χ1) is 15.2. The molecule has 0 aromatic heterocycles. The van der Waals surface area contributed by atoms with Crippen molar-refractivity contribution in [3.05, 3.63) is 132 Å². The average Bonchev–Trinajstić information content (AvgIpc) is 2.85. The molecule has 4 aromatic rings. The van der Waals surface area contributed by atoms with E-state index in [0.29, 0.717) is 11.1 Å². The van der Waals surface area contributed by atoms with Gasteiger partial charge in [0.1, 0.15) is 0 Å². The molecular formula is C26H20O4Sn. The van der Waals surface area contributed by atoms with E-state index in [1.807, 2.05) is 72.8 Å². The standard InChI is InChI=1S/2C7H6O2.2C6H5.Sn/c2*8-7(9)6-4-2-1-3-5-6;2*1-2-4-6-5-3-1;/h2*1-5H,(H,8,9);2*1-5H;/q;;;;+2/p-2. The first-order valence-electron chi connectivity index (χ1n) is 9.87. The topological polar surface area (TPSA) is 52.6 Å². The van der Waals surface area contributed by atoms with E-state index in [4.69, 9.17) is 6.15 Å². The van der Waals surface area contributed by atoms with Crippen molar-refractivity contribution in [3.63, 3.8) is 0 Å². The van der Waals surface area contributed by atoms with Crippen LogP contribution in [0.25, 0.3) is 0 Å². The van der Waals surface area contributed by atoms with E-state index in [2.05, 4.69) is 0 Å². The fourth-order valence-corrected chi connectivity index (χ4v) is 11.4. The van der Waals surface area contributed by atoms with E-state index < -0.39 is 31.1 Å². The van der Waals surface area contributed by atoms with Crippen LogP contribution in [0.15, 0.2) is 121 Å². The Morgan fingerprint density at radius 3 is 1.06 bits per heavy atom. The van der Waals surface area contributed by atoms with Gasteiger partial charge in [-0.15, -0.1) is 0 Å². The van der Waals surface area contributed by atoms with Crippen LogP contribution >= 0.6 is 0 Å². The van der Waals surface area contributed by atoms with Crippen molar-refractivity contribution in [2.24, 2.45) is 0 Å². The molecule has 4 rings (SSSR count). The molecule has 4 nitrogen and oxygen atoms in total. The SMILES string of the molecule is O=C([O][Sn]([O]C(=O)c1ccccc1)([c]1ccccc1)[c]1ccccc1)c1ccccc1. The molecule has 152 valence electrons. The van der Waals surface area contributed by atoms with Crippen molar-refractivity contribution >= 4 is 38.3 Å². The summed E-state index contributed by atoms with van der Waals surface area (Å²) >= 11 is -4.75. The second-order valence-electron chi connectivity index (χ2n) is 6.86. The quantitative estimate of drug-likeness (QED) is 0.365. The summed E-state index contributed by atoms with van der Waals surface area (Å²) in [5.74, 6) is -1.02. The Morgan fingerprint density at radius 1 is 0.452 bits per heavy atom. The van der Waals surface area contributed by atoms with Gasteiger partial charge in [0, 0.05) is 0 Å². The Balaban J connectivity index is 1.84. The zero-order valence-electron chi connectivity index (χ0n) is 16.7. The number of hydrogen-bond donors (Lipinski definition) is 0. The van der Waals surface area contributed by atoms with Gasteiger partial charge in [-0.25, -0.2) is 0 Å². The number of carbonyl (C=O) groups excluding carboxylic acids is 2. The predicted octanol–water partition coefficient (Wildman–Crippen LogP) is 3.96. The van der Waals surface area contributed by atoms with E-state index in [0.717, 1.165) is 7.16 Å². The molecule has 0 fully saturated rings. The third-order valence-electron chi connectivity index (χ3n) is 4.80. The fourth-order valence-electron chi connectivity index (χ4n) is 3.27. The Labute approximate surface area is 186 Å². The van der Waals surface area contributed by atoms with Crippen LogP contribution < -0.4 is 7.16 Å². The van der Waals surface area contributed by atoms with Crippen molar-refractivity contribution in [2.75, 3.05) is 0 Å². The molecule has 31 heavy (non-hydrogen) atoms. The molecule has 0 radical (unpaired) electrons. The molecule has 0 aliphatic rings. The first-order valence-corrected chi connectivity index (χ1v) is 15.1. The summed E-state index contributed by atoms with van der Waals surface area (Å²) in [6, 6.07) is 36.1. The summed E-state index contributed by atoms with van der Waals surface area (Å²) in [5.41, 5.74) is 0.817. The average molecular weight is 515 g/mol. The van der Waals surface area contributed by atoms with Crippen LogP contribution in [0, 0.1) is 0 Å². The molecule has 0 heterocycles. The Morgan fingerprint density at radius 2 is 0.742 bits per heavy atom. The van der Waals surface area contributed by atoms with Crippen LogP contribution in [-0.4, -0.2) is 31.1 Å². The van der Waals surface area contributed by atoms with Crippen molar-refractivity contribution in [3.8, 4) is 0 Å². The van der Waals surface area contributed by atoms with Gasteiger partial charge < -0.3 is 0 Å². The molecule has 0 atom stereocenters. The molecule has 0 aliphatic heterocycles. The van der Waals surface area contributed by atoms with Crippen LogP contribution in [0.3, 0.4) is 0 Å². The van der Waals surface area contributed by atoms with Gasteiger partial charge in [-0.05, 0) is 0 Å². The van der Waals surface area contributed by atoms with Crippen molar-refractivity contribution in [1.82, 2.24) is 0 Å². The van der Waals surface area contributed by atoms with Crippen LogP contribution in [0.5, 0.6) is 0 Å². The maximum atomic E-state index is 13.2. The third kappa shape index (κ3) is 4.70. The molecule has 0 aliphatic carbocycles. The van der Waals surface area contributed by atoms with E-state index in [1.54, 1.807) is 48.5 Å². The number of carbonyl (C=O) groups is 2. The predicted molar refractivity (Wildman–Crippen MR) is 122 cm³/mol. The van der Waals surface area contributed by atoms with Gasteiger partial charge in [0.15, 0.2) is 0 Å². The molecular weight excluding hydrogens is 495 g/mol. The normalized spacial score (nSPS) is 10.8. The molecule has 0 N–H and O–H groups in total. The summed E-state index contributed by atoms with van der Waals surface area (Å²) in [5, 5.41) is 0. The van der Waals surface area contributed by atoms with E-state index in [9.17, 15) is 9.59 Å². The molecule has 5 heteroatoms. The van der Waals surface area contributed by atoms with E-state index in [-0.39, 0.29) is 0 Å². The van der Waals surface area contributed by atoms with Gasteiger partial charge in [-0.3, -0.25) is 0 Å². The zero-order valence-corrected chi connectivity index (χ0v) is 19.5. The summed E-state index contributed by atoms with van der Waals surface area (Å²) in [4.78, 5) is 26.3. The molecule has 0 bridgehead atoms. The van der Waals surface area contributed by atoms with Crippen molar-refractivity contribution in [1.29, 1.82) is 0 Å². The van der Waals surface area contributed by atoms with Gasteiger partial charge >= 0.3 is 186 Å².